The fourth-order valence-corrected chi connectivity index (χ4v) is 4.93. The maximum absolute atomic E-state index is 13.4. The van der Waals surface area contributed by atoms with Crippen molar-refractivity contribution >= 4 is 22.8 Å². The summed E-state index contributed by atoms with van der Waals surface area (Å²) in [5, 5.41) is 9.38. The number of carbonyl (C=O) groups excluding carboxylic acids is 1. The number of para-hydroxylation sites is 1. The van der Waals surface area contributed by atoms with E-state index in [9.17, 15) is 4.79 Å². The predicted molar refractivity (Wildman–Crippen MR) is 123 cm³/mol. The Hall–Kier alpha value is -4.01. The Morgan fingerprint density at radius 3 is 2.52 bits per heavy atom. The molecule has 2 aliphatic rings. The van der Waals surface area contributed by atoms with E-state index in [1.54, 1.807) is 19.5 Å². The molecule has 0 N–H and O–H groups in total. The van der Waals surface area contributed by atoms with Gasteiger partial charge in [0.1, 0.15) is 5.75 Å². The van der Waals surface area contributed by atoms with Gasteiger partial charge in [-0.3, -0.25) is 4.79 Å². The summed E-state index contributed by atoms with van der Waals surface area (Å²) in [6.07, 6.45) is 5.09. The van der Waals surface area contributed by atoms with Gasteiger partial charge in [-0.1, -0.05) is 12.1 Å². The topological polar surface area (TPSA) is 89.3 Å². The number of fused-ring (bicyclic) bond motifs is 2. The monoisotopic (exact) mass is 441 g/mol. The first-order valence-electron chi connectivity index (χ1n) is 11.0. The summed E-state index contributed by atoms with van der Waals surface area (Å²) >= 11 is 0. The summed E-state index contributed by atoms with van der Waals surface area (Å²) in [6, 6.07) is 13.3. The number of hydrogen-bond acceptors (Lipinski definition) is 7. The van der Waals surface area contributed by atoms with Gasteiger partial charge in [-0.15, -0.1) is 0 Å². The van der Waals surface area contributed by atoms with Gasteiger partial charge in [0.15, 0.2) is 0 Å². The van der Waals surface area contributed by atoms with Crippen LogP contribution >= 0.6 is 0 Å². The van der Waals surface area contributed by atoms with Crippen LogP contribution in [0.25, 0.3) is 16.6 Å². The molecule has 0 bridgehead atoms. The molecule has 33 heavy (non-hydrogen) atoms. The van der Waals surface area contributed by atoms with Gasteiger partial charge < -0.3 is 14.5 Å². The SMILES string of the molecule is COc1ccc2cnc(N3CC4CN(C(=O)c5ccccc5-n5nccn5)CC4C3)nc2c1. The van der Waals surface area contributed by atoms with Crippen LogP contribution in [-0.4, -0.2) is 69.1 Å². The molecule has 2 aromatic heterocycles. The van der Waals surface area contributed by atoms with E-state index in [4.69, 9.17) is 9.72 Å². The summed E-state index contributed by atoms with van der Waals surface area (Å²) < 4.78 is 5.33. The quantitative estimate of drug-likeness (QED) is 0.481. The lowest BCUT2D eigenvalue weighted by molar-refractivity contribution is 0.0782. The Labute approximate surface area is 190 Å². The van der Waals surface area contributed by atoms with E-state index in [0.717, 1.165) is 48.8 Å². The number of benzene rings is 2. The number of methoxy groups -OCH3 is 1. The van der Waals surface area contributed by atoms with Crippen molar-refractivity contribution in [3.8, 4) is 11.4 Å². The van der Waals surface area contributed by atoms with Gasteiger partial charge in [0, 0.05) is 55.7 Å². The summed E-state index contributed by atoms with van der Waals surface area (Å²) in [5.74, 6) is 2.34. The van der Waals surface area contributed by atoms with Crippen LogP contribution in [0.2, 0.25) is 0 Å². The standard InChI is InChI=1S/C24H23N7O2/c1-33-19-7-6-16-11-25-24(28-21(16)10-19)30-14-17-12-29(13-18(17)15-30)23(32)20-4-2-3-5-22(20)31-26-8-9-27-31/h2-11,17-18H,12-15H2,1H3. The highest BCUT2D eigenvalue weighted by molar-refractivity contribution is 5.98. The lowest BCUT2D eigenvalue weighted by atomic mass is 10.0. The first kappa shape index (κ1) is 19.7. The molecular weight excluding hydrogens is 418 g/mol. The molecule has 0 aliphatic carbocycles. The van der Waals surface area contributed by atoms with Crippen LogP contribution in [0, 0.1) is 11.8 Å². The van der Waals surface area contributed by atoms with E-state index in [0.29, 0.717) is 23.1 Å². The van der Waals surface area contributed by atoms with Crippen LogP contribution in [0.1, 0.15) is 10.4 Å². The van der Waals surface area contributed by atoms with Crippen molar-refractivity contribution in [2.24, 2.45) is 11.8 Å². The number of rotatable bonds is 4. The molecule has 0 saturated carbocycles. The van der Waals surface area contributed by atoms with Crippen LogP contribution in [0.3, 0.4) is 0 Å². The Kier molecular flexibility index (Phi) is 4.67. The lowest BCUT2D eigenvalue weighted by Gasteiger charge is -2.22. The molecule has 2 aromatic carbocycles. The molecule has 9 nitrogen and oxygen atoms in total. The van der Waals surface area contributed by atoms with Gasteiger partial charge >= 0.3 is 0 Å². The Morgan fingerprint density at radius 2 is 1.76 bits per heavy atom. The normalized spacial score (nSPS) is 19.8. The third-order valence-corrected chi connectivity index (χ3v) is 6.60. The fraction of sp³-hybridized carbons (Fsp3) is 0.292. The molecule has 166 valence electrons. The average Bonchev–Trinajstić information content (AvgIpc) is 3.60. The first-order valence-corrected chi connectivity index (χ1v) is 11.0. The van der Waals surface area contributed by atoms with Gasteiger partial charge in [0.25, 0.3) is 5.91 Å². The second kappa shape index (κ2) is 7.84. The van der Waals surface area contributed by atoms with E-state index in [2.05, 4.69) is 20.1 Å². The minimum atomic E-state index is 0.0258. The van der Waals surface area contributed by atoms with Crippen molar-refractivity contribution in [1.82, 2.24) is 29.9 Å². The number of nitrogens with zero attached hydrogens (tertiary/aromatic N) is 7. The molecular formula is C24H23N7O2. The van der Waals surface area contributed by atoms with Crippen LogP contribution in [0.5, 0.6) is 5.75 Å². The summed E-state index contributed by atoms with van der Waals surface area (Å²) in [5.41, 5.74) is 2.19. The smallest absolute Gasteiger partial charge is 0.256 e. The molecule has 2 aliphatic heterocycles. The molecule has 6 rings (SSSR count). The minimum Gasteiger partial charge on any atom is -0.497 e. The van der Waals surface area contributed by atoms with Crippen LogP contribution < -0.4 is 9.64 Å². The van der Waals surface area contributed by atoms with Crippen molar-refractivity contribution in [2.75, 3.05) is 38.2 Å². The third-order valence-electron chi connectivity index (χ3n) is 6.60. The van der Waals surface area contributed by atoms with Crippen LogP contribution in [-0.2, 0) is 0 Å². The molecule has 2 unspecified atom stereocenters. The largest absolute Gasteiger partial charge is 0.497 e. The molecule has 4 aromatic rings. The Balaban J connectivity index is 1.18. The molecule has 1 amide bonds. The number of carbonyl (C=O) groups is 1. The van der Waals surface area contributed by atoms with Gasteiger partial charge in [-0.25, -0.2) is 9.97 Å². The molecule has 9 heteroatoms. The number of anilines is 1. The molecule has 2 atom stereocenters. The van der Waals surface area contributed by atoms with Crippen LogP contribution in [0.15, 0.2) is 61.1 Å². The third kappa shape index (κ3) is 3.45. The second-order valence-electron chi connectivity index (χ2n) is 8.57. The molecule has 2 saturated heterocycles. The van der Waals surface area contributed by atoms with E-state index >= 15 is 0 Å². The van der Waals surface area contributed by atoms with Crippen molar-refractivity contribution in [3.05, 3.63) is 66.6 Å². The van der Waals surface area contributed by atoms with Gasteiger partial charge in [0.2, 0.25) is 5.95 Å². The average molecular weight is 441 g/mol. The van der Waals surface area contributed by atoms with Crippen molar-refractivity contribution < 1.29 is 9.53 Å². The van der Waals surface area contributed by atoms with Gasteiger partial charge in [0.05, 0.1) is 36.3 Å². The maximum Gasteiger partial charge on any atom is 0.256 e. The van der Waals surface area contributed by atoms with E-state index in [1.807, 2.05) is 53.6 Å². The van der Waals surface area contributed by atoms with E-state index in [-0.39, 0.29) is 5.91 Å². The maximum atomic E-state index is 13.4. The van der Waals surface area contributed by atoms with E-state index in [1.165, 1.54) is 4.80 Å². The Bertz CT molecular complexity index is 1310. The number of ether oxygens (including phenoxy) is 1. The highest BCUT2D eigenvalue weighted by Crippen LogP contribution is 2.34. The molecule has 2 fully saturated rings. The zero-order chi connectivity index (χ0) is 22.4. The zero-order valence-corrected chi connectivity index (χ0v) is 18.2. The summed E-state index contributed by atoms with van der Waals surface area (Å²) in [7, 11) is 1.65. The van der Waals surface area contributed by atoms with Crippen molar-refractivity contribution in [1.29, 1.82) is 0 Å². The molecule has 0 spiro atoms. The van der Waals surface area contributed by atoms with Crippen molar-refractivity contribution in [2.45, 2.75) is 0 Å². The van der Waals surface area contributed by atoms with Gasteiger partial charge in [-0.05, 0) is 24.3 Å². The zero-order valence-electron chi connectivity index (χ0n) is 18.2. The number of amides is 1. The highest BCUT2D eigenvalue weighted by Gasteiger charge is 2.42. The molecule has 4 heterocycles. The van der Waals surface area contributed by atoms with E-state index < -0.39 is 0 Å². The second-order valence-corrected chi connectivity index (χ2v) is 8.57. The van der Waals surface area contributed by atoms with Crippen LogP contribution in [0.4, 0.5) is 5.95 Å². The predicted octanol–water partition coefficient (Wildman–Crippen LogP) is 2.43. The van der Waals surface area contributed by atoms with Crippen molar-refractivity contribution in [3.63, 3.8) is 0 Å². The van der Waals surface area contributed by atoms with Gasteiger partial charge in [-0.2, -0.15) is 15.0 Å². The Morgan fingerprint density at radius 1 is 1.00 bits per heavy atom. The fourth-order valence-electron chi connectivity index (χ4n) is 4.93. The summed E-state index contributed by atoms with van der Waals surface area (Å²) in [6.45, 7) is 3.13. The number of hydrogen-bond donors (Lipinski definition) is 0. The first-order chi connectivity index (χ1) is 16.2. The molecule has 0 radical (unpaired) electrons. The summed E-state index contributed by atoms with van der Waals surface area (Å²) in [4.78, 5) is 28.4. The number of likely N-dealkylation sites (tertiary alicyclic amines) is 1. The highest BCUT2D eigenvalue weighted by atomic mass is 16.5. The lowest BCUT2D eigenvalue weighted by Crippen LogP contribution is -2.34. The minimum absolute atomic E-state index is 0.0258. The number of aromatic nitrogens is 5.